The standard InChI is InChI=1S/C13H22N4S/c1-2-7-11-13(18-17-16-11)12(15-14)10-8-5-3-4-6-9-10/h8,12,15H,2-7,9,14H2,1H3. The molecule has 0 bridgehead atoms. The number of aryl methyl sites for hydroxylation is 1. The van der Waals surface area contributed by atoms with Crippen LogP contribution in [-0.4, -0.2) is 9.59 Å². The first-order valence-corrected chi connectivity index (χ1v) is 7.60. The van der Waals surface area contributed by atoms with E-state index in [-0.39, 0.29) is 6.04 Å². The van der Waals surface area contributed by atoms with E-state index in [9.17, 15) is 0 Å². The zero-order valence-electron chi connectivity index (χ0n) is 11.0. The number of aromatic nitrogens is 2. The van der Waals surface area contributed by atoms with Crippen LogP contribution >= 0.6 is 11.5 Å². The quantitative estimate of drug-likeness (QED) is 0.488. The molecule has 1 aliphatic carbocycles. The largest absolute Gasteiger partial charge is 0.271 e. The van der Waals surface area contributed by atoms with E-state index in [0.29, 0.717) is 0 Å². The Kier molecular flexibility index (Phi) is 5.28. The van der Waals surface area contributed by atoms with Gasteiger partial charge in [-0.2, -0.15) is 0 Å². The highest BCUT2D eigenvalue weighted by Gasteiger charge is 2.22. The second kappa shape index (κ2) is 6.97. The van der Waals surface area contributed by atoms with Crippen LogP contribution in [0.15, 0.2) is 11.6 Å². The molecule has 5 heteroatoms. The van der Waals surface area contributed by atoms with Gasteiger partial charge in [0.25, 0.3) is 0 Å². The van der Waals surface area contributed by atoms with Crippen molar-refractivity contribution in [3.05, 3.63) is 22.2 Å². The predicted octanol–water partition coefficient (Wildman–Crippen LogP) is 2.89. The summed E-state index contributed by atoms with van der Waals surface area (Å²) >= 11 is 1.48. The second-order valence-electron chi connectivity index (χ2n) is 4.81. The van der Waals surface area contributed by atoms with Crippen LogP contribution in [0, 0.1) is 0 Å². The van der Waals surface area contributed by atoms with Crippen LogP contribution in [0.1, 0.15) is 62.1 Å². The maximum atomic E-state index is 5.77. The fraction of sp³-hybridized carbons (Fsp3) is 0.692. The van der Waals surface area contributed by atoms with E-state index in [2.05, 4.69) is 28.0 Å². The molecular weight excluding hydrogens is 244 g/mol. The first kappa shape index (κ1) is 13.6. The molecule has 0 saturated heterocycles. The third kappa shape index (κ3) is 3.16. The van der Waals surface area contributed by atoms with Crippen molar-refractivity contribution >= 4 is 11.5 Å². The molecule has 0 saturated carbocycles. The van der Waals surface area contributed by atoms with Gasteiger partial charge in [0.15, 0.2) is 0 Å². The van der Waals surface area contributed by atoms with E-state index >= 15 is 0 Å². The summed E-state index contributed by atoms with van der Waals surface area (Å²) in [6.45, 7) is 2.17. The van der Waals surface area contributed by atoms with Crippen molar-refractivity contribution in [2.24, 2.45) is 5.84 Å². The lowest BCUT2D eigenvalue weighted by Gasteiger charge is -2.18. The monoisotopic (exact) mass is 266 g/mol. The van der Waals surface area contributed by atoms with Crippen molar-refractivity contribution in [1.29, 1.82) is 0 Å². The Bertz CT molecular complexity index is 399. The summed E-state index contributed by atoms with van der Waals surface area (Å²) in [7, 11) is 0. The van der Waals surface area contributed by atoms with Crippen LogP contribution in [-0.2, 0) is 6.42 Å². The van der Waals surface area contributed by atoms with Crippen molar-refractivity contribution < 1.29 is 0 Å². The molecule has 1 heterocycles. The molecule has 4 nitrogen and oxygen atoms in total. The van der Waals surface area contributed by atoms with Gasteiger partial charge in [0.1, 0.15) is 0 Å². The van der Waals surface area contributed by atoms with Gasteiger partial charge < -0.3 is 0 Å². The van der Waals surface area contributed by atoms with Crippen molar-refractivity contribution in [3.63, 3.8) is 0 Å². The Morgan fingerprint density at radius 1 is 1.44 bits per heavy atom. The molecular formula is C13H22N4S. The molecule has 3 N–H and O–H groups in total. The minimum atomic E-state index is 0.115. The number of nitrogens with two attached hydrogens (primary N) is 1. The van der Waals surface area contributed by atoms with Gasteiger partial charge in [-0.15, -0.1) is 5.10 Å². The zero-order valence-corrected chi connectivity index (χ0v) is 11.8. The zero-order chi connectivity index (χ0) is 12.8. The number of nitrogens with one attached hydrogen (secondary N) is 1. The molecule has 0 spiro atoms. The van der Waals surface area contributed by atoms with Crippen molar-refractivity contribution in [2.75, 3.05) is 0 Å². The highest BCUT2D eigenvalue weighted by atomic mass is 32.1. The van der Waals surface area contributed by atoms with Gasteiger partial charge in [-0.25, -0.2) is 5.43 Å². The lowest BCUT2D eigenvalue weighted by molar-refractivity contribution is 0.594. The summed E-state index contributed by atoms with van der Waals surface area (Å²) in [6.07, 6.45) is 10.6. The van der Waals surface area contributed by atoms with Crippen LogP contribution in [0.5, 0.6) is 0 Å². The van der Waals surface area contributed by atoms with E-state index in [1.54, 1.807) is 0 Å². The van der Waals surface area contributed by atoms with Crippen LogP contribution in [0.2, 0.25) is 0 Å². The summed E-state index contributed by atoms with van der Waals surface area (Å²) in [5.74, 6) is 5.77. The van der Waals surface area contributed by atoms with Crippen molar-refractivity contribution in [3.8, 4) is 0 Å². The Morgan fingerprint density at radius 2 is 2.33 bits per heavy atom. The Morgan fingerprint density at radius 3 is 3.11 bits per heavy atom. The molecule has 2 rings (SSSR count). The molecule has 100 valence electrons. The van der Waals surface area contributed by atoms with E-state index in [1.165, 1.54) is 47.7 Å². The van der Waals surface area contributed by atoms with E-state index in [1.807, 2.05) is 0 Å². The summed E-state index contributed by atoms with van der Waals surface area (Å²) < 4.78 is 4.10. The Labute approximate surface area is 113 Å². The van der Waals surface area contributed by atoms with Gasteiger partial charge in [-0.1, -0.05) is 35.9 Å². The first-order chi connectivity index (χ1) is 8.86. The third-order valence-corrected chi connectivity index (χ3v) is 4.28. The molecule has 0 aliphatic heterocycles. The molecule has 0 amide bonds. The predicted molar refractivity (Wildman–Crippen MR) is 75.1 cm³/mol. The number of rotatable bonds is 5. The van der Waals surface area contributed by atoms with Gasteiger partial charge in [0.05, 0.1) is 16.6 Å². The molecule has 1 aromatic rings. The average molecular weight is 266 g/mol. The Hall–Kier alpha value is -0.780. The summed E-state index contributed by atoms with van der Waals surface area (Å²) in [4.78, 5) is 1.20. The van der Waals surface area contributed by atoms with Gasteiger partial charge in [0, 0.05) is 0 Å². The number of nitrogens with zero attached hydrogens (tertiary/aromatic N) is 2. The van der Waals surface area contributed by atoms with E-state index in [4.69, 9.17) is 5.84 Å². The number of allylic oxidation sites excluding steroid dienone is 1. The molecule has 0 radical (unpaired) electrons. The highest BCUT2D eigenvalue weighted by Crippen LogP contribution is 2.32. The fourth-order valence-electron chi connectivity index (χ4n) is 2.50. The lowest BCUT2D eigenvalue weighted by Crippen LogP contribution is -2.29. The second-order valence-corrected chi connectivity index (χ2v) is 5.60. The van der Waals surface area contributed by atoms with Gasteiger partial charge in [-0.05, 0) is 43.6 Å². The molecule has 0 fully saturated rings. The van der Waals surface area contributed by atoms with E-state index < -0.39 is 0 Å². The smallest absolute Gasteiger partial charge is 0.0807 e. The average Bonchev–Trinajstić information content (AvgIpc) is 2.66. The topological polar surface area (TPSA) is 63.8 Å². The highest BCUT2D eigenvalue weighted by molar-refractivity contribution is 7.05. The molecule has 1 aliphatic rings. The van der Waals surface area contributed by atoms with Crippen LogP contribution in [0.4, 0.5) is 0 Å². The lowest BCUT2D eigenvalue weighted by atomic mass is 9.99. The Balaban J connectivity index is 2.20. The summed E-state index contributed by atoms with van der Waals surface area (Å²) in [5, 5.41) is 4.24. The van der Waals surface area contributed by atoms with E-state index in [0.717, 1.165) is 25.0 Å². The minimum Gasteiger partial charge on any atom is -0.271 e. The van der Waals surface area contributed by atoms with Crippen molar-refractivity contribution in [2.45, 2.75) is 57.9 Å². The van der Waals surface area contributed by atoms with Gasteiger partial charge >= 0.3 is 0 Å². The number of hydrazine groups is 1. The molecule has 0 aromatic carbocycles. The van der Waals surface area contributed by atoms with Crippen LogP contribution in [0.3, 0.4) is 0 Å². The fourth-order valence-corrected chi connectivity index (χ4v) is 3.30. The maximum absolute atomic E-state index is 5.77. The maximum Gasteiger partial charge on any atom is 0.0807 e. The normalized spacial score (nSPS) is 18.2. The summed E-state index contributed by atoms with van der Waals surface area (Å²) in [6, 6.07) is 0.115. The van der Waals surface area contributed by atoms with Crippen LogP contribution in [0.25, 0.3) is 0 Å². The van der Waals surface area contributed by atoms with Gasteiger partial charge in [-0.3, -0.25) is 5.84 Å². The van der Waals surface area contributed by atoms with Crippen LogP contribution < -0.4 is 11.3 Å². The number of hydrogen-bond donors (Lipinski definition) is 2. The van der Waals surface area contributed by atoms with Crippen molar-refractivity contribution in [1.82, 2.24) is 15.0 Å². The first-order valence-electron chi connectivity index (χ1n) is 6.83. The molecule has 18 heavy (non-hydrogen) atoms. The molecule has 1 atom stereocenters. The van der Waals surface area contributed by atoms with Gasteiger partial charge in [0.2, 0.25) is 0 Å². The SMILES string of the molecule is CCCc1nnsc1C(NN)C1=CCCCCC1. The number of hydrogen-bond acceptors (Lipinski definition) is 5. The third-order valence-electron chi connectivity index (χ3n) is 3.45. The minimum absolute atomic E-state index is 0.115. The molecule has 1 unspecified atom stereocenters. The molecule has 1 aromatic heterocycles. The summed E-state index contributed by atoms with van der Waals surface area (Å²) in [5.41, 5.74) is 5.49.